The fraction of sp³-hybridized carbons (Fsp3) is 0.941. The molecule has 0 aromatic rings. The zero-order chi connectivity index (χ0) is 14.1. The van der Waals surface area contributed by atoms with Gasteiger partial charge in [0.15, 0.2) is 0 Å². The van der Waals surface area contributed by atoms with Crippen LogP contribution in [0.1, 0.15) is 51.9 Å². The van der Waals surface area contributed by atoms with Crippen LogP contribution in [-0.2, 0) is 4.79 Å². The third-order valence-corrected chi connectivity index (χ3v) is 6.01. The standard InChI is InChI=1S/C17H30N2O/c1-12-4-3-7-19(17(20)16(12)18-2)11-15-9-13-5-6-14(8-13)10-15/h12-16,18H,3-11H2,1-2H3. The van der Waals surface area contributed by atoms with Crippen molar-refractivity contribution < 1.29 is 4.79 Å². The lowest BCUT2D eigenvalue weighted by Crippen LogP contribution is -2.48. The zero-order valence-electron chi connectivity index (χ0n) is 13.1. The van der Waals surface area contributed by atoms with Gasteiger partial charge in [-0.05, 0) is 62.8 Å². The van der Waals surface area contributed by atoms with Crippen LogP contribution in [0.3, 0.4) is 0 Å². The SMILES string of the molecule is CNC1C(=O)N(CC2CC3CCC(C3)C2)CCCC1C. The normalized spacial score (nSPS) is 41.8. The van der Waals surface area contributed by atoms with Gasteiger partial charge in [-0.25, -0.2) is 0 Å². The Balaban J connectivity index is 1.62. The minimum atomic E-state index is 0.0396. The molecule has 1 aliphatic heterocycles. The maximum absolute atomic E-state index is 12.7. The maximum atomic E-state index is 12.7. The van der Waals surface area contributed by atoms with E-state index in [4.69, 9.17) is 0 Å². The third-order valence-electron chi connectivity index (χ3n) is 6.01. The van der Waals surface area contributed by atoms with Crippen molar-refractivity contribution in [1.29, 1.82) is 0 Å². The molecule has 1 amide bonds. The van der Waals surface area contributed by atoms with E-state index in [1.54, 1.807) is 0 Å². The molecule has 4 atom stereocenters. The number of hydrogen-bond donors (Lipinski definition) is 1. The number of rotatable bonds is 3. The Labute approximate surface area is 123 Å². The first kappa shape index (κ1) is 14.4. The largest absolute Gasteiger partial charge is 0.341 e. The molecule has 2 aliphatic carbocycles. The summed E-state index contributed by atoms with van der Waals surface area (Å²) in [5, 5.41) is 3.25. The Morgan fingerprint density at radius 1 is 1.15 bits per heavy atom. The number of carbonyl (C=O) groups excluding carboxylic acids is 1. The van der Waals surface area contributed by atoms with Gasteiger partial charge >= 0.3 is 0 Å². The zero-order valence-corrected chi connectivity index (χ0v) is 13.1. The predicted octanol–water partition coefficient (Wildman–Crippen LogP) is 2.66. The second-order valence-corrected chi connectivity index (χ2v) is 7.55. The van der Waals surface area contributed by atoms with Gasteiger partial charge in [0.05, 0.1) is 6.04 Å². The number of amides is 1. The van der Waals surface area contributed by atoms with E-state index in [2.05, 4.69) is 17.1 Å². The van der Waals surface area contributed by atoms with Gasteiger partial charge in [-0.2, -0.15) is 0 Å². The van der Waals surface area contributed by atoms with Crippen molar-refractivity contribution in [3.05, 3.63) is 0 Å². The Hall–Kier alpha value is -0.570. The minimum absolute atomic E-state index is 0.0396. The lowest BCUT2D eigenvalue weighted by atomic mass is 9.80. The van der Waals surface area contributed by atoms with Crippen LogP contribution in [0.4, 0.5) is 0 Å². The van der Waals surface area contributed by atoms with Crippen LogP contribution in [0.5, 0.6) is 0 Å². The number of likely N-dealkylation sites (tertiary alicyclic amines) is 1. The van der Waals surface area contributed by atoms with Gasteiger partial charge in [-0.1, -0.05) is 19.8 Å². The molecule has 4 unspecified atom stereocenters. The molecule has 114 valence electrons. The lowest BCUT2D eigenvalue weighted by Gasteiger charge is -2.33. The topological polar surface area (TPSA) is 32.3 Å². The van der Waals surface area contributed by atoms with E-state index in [1.165, 1.54) is 44.9 Å². The van der Waals surface area contributed by atoms with E-state index in [9.17, 15) is 4.79 Å². The first-order valence-electron chi connectivity index (χ1n) is 8.63. The highest BCUT2D eigenvalue weighted by atomic mass is 16.2. The maximum Gasteiger partial charge on any atom is 0.239 e. The van der Waals surface area contributed by atoms with Gasteiger partial charge in [0.25, 0.3) is 0 Å². The molecule has 1 heterocycles. The fourth-order valence-corrected chi connectivity index (χ4v) is 5.02. The summed E-state index contributed by atoms with van der Waals surface area (Å²) in [6.07, 6.45) is 9.46. The van der Waals surface area contributed by atoms with E-state index < -0.39 is 0 Å². The molecule has 0 aromatic heterocycles. The first-order chi connectivity index (χ1) is 9.67. The van der Waals surface area contributed by atoms with E-state index >= 15 is 0 Å². The van der Waals surface area contributed by atoms with Crippen LogP contribution in [0.15, 0.2) is 0 Å². The molecule has 3 aliphatic rings. The van der Waals surface area contributed by atoms with Crippen molar-refractivity contribution in [3.63, 3.8) is 0 Å². The molecule has 20 heavy (non-hydrogen) atoms. The molecule has 0 spiro atoms. The molecule has 0 radical (unpaired) electrons. The van der Waals surface area contributed by atoms with Crippen LogP contribution in [-0.4, -0.2) is 37.0 Å². The second-order valence-electron chi connectivity index (χ2n) is 7.55. The van der Waals surface area contributed by atoms with Gasteiger partial charge in [-0.15, -0.1) is 0 Å². The molecule has 3 rings (SSSR count). The van der Waals surface area contributed by atoms with Crippen molar-refractivity contribution >= 4 is 5.91 Å². The smallest absolute Gasteiger partial charge is 0.239 e. The summed E-state index contributed by atoms with van der Waals surface area (Å²) in [6, 6.07) is 0.0396. The van der Waals surface area contributed by atoms with Gasteiger partial charge in [0.1, 0.15) is 0 Å². The summed E-state index contributed by atoms with van der Waals surface area (Å²) in [6.45, 7) is 4.22. The Kier molecular flexibility index (Phi) is 4.34. The Morgan fingerprint density at radius 2 is 1.85 bits per heavy atom. The van der Waals surface area contributed by atoms with Crippen LogP contribution in [0, 0.1) is 23.7 Å². The molecule has 2 saturated carbocycles. The number of carbonyl (C=O) groups is 1. The quantitative estimate of drug-likeness (QED) is 0.861. The summed E-state index contributed by atoms with van der Waals surface area (Å²) in [5.74, 6) is 3.55. The summed E-state index contributed by atoms with van der Waals surface area (Å²) in [5.41, 5.74) is 0. The number of nitrogens with zero attached hydrogens (tertiary/aromatic N) is 1. The fourth-order valence-electron chi connectivity index (χ4n) is 5.02. The van der Waals surface area contributed by atoms with Crippen molar-refractivity contribution in [2.24, 2.45) is 23.7 Å². The van der Waals surface area contributed by atoms with E-state index in [0.29, 0.717) is 11.8 Å². The van der Waals surface area contributed by atoms with Gasteiger partial charge < -0.3 is 10.2 Å². The van der Waals surface area contributed by atoms with E-state index in [0.717, 1.165) is 30.8 Å². The highest BCUT2D eigenvalue weighted by Crippen LogP contribution is 2.44. The molecular weight excluding hydrogens is 248 g/mol. The van der Waals surface area contributed by atoms with Crippen molar-refractivity contribution in [1.82, 2.24) is 10.2 Å². The average Bonchev–Trinajstić information content (AvgIpc) is 2.70. The minimum Gasteiger partial charge on any atom is -0.341 e. The number of hydrogen-bond acceptors (Lipinski definition) is 2. The molecule has 2 bridgehead atoms. The average molecular weight is 278 g/mol. The molecule has 0 aromatic carbocycles. The van der Waals surface area contributed by atoms with E-state index in [-0.39, 0.29) is 6.04 Å². The molecular formula is C17H30N2O. The third kappa shape index (κ3) is 2.88. The van der Waals surface area contributed by atoms with Crippen molar-refractivity contribution in [2.45, 2.75) is 57.9 Å². The second kappa shape index (κ2) is 6.05. The molecule has 1 saturated heterocycles. The highest BCUT2D eigenvalue weighted by Gasteiger charge is 2.37. The van der Waals surface area contributed by atoms with Crippen LogP contribution in [0.25, 0.3) is 0 Å². The molecule has 3 nitrogen and oxygen atoms in total. The first-order valence-corrected chi connectivity index (χ1v) is 8.63. The highest BCUT2D eigenvalue weighted by molar-refractivity contribution is 5.82. The summed E-state index contributed by atoms with van der Waals surface area (Å²) >= 11 is 0. The number of fused-ring (bicyclic) bond motifs is 2. The Bertz CT molecular complexity index is 345. The number of likely N-dealkylation sites (N-methyl/N-ethyl adjacent to an activating group) is 1. The Morgan fingerprint density at radius 3 is 2.50 bits per heavy atom. The summed E-state index contributed by atoms with van der Waals surface area (Å²) in [7, 11) is 1.93. The molecule has 1 N–H and O–H groups in total. The van der Waals surface area contributed by atoms with Gasteiger partial charge in [0.2, 0.25) is 5.91 Å². The monoisotopic (exact) mass is 278 g/mol. The number of nitrogens with one attached hydrogen (secondary N) is 1. The summed E-state index contributed by atoms with van der Waals surface area (Å²) < 4.78 is 0. The summed E-state index contributed by atoms with van der Waals surface area (Å²) in [4.78, 5) is 14.9. The van der Waals surface area contributed by atoms with Gasteiger partial charge in [0, 0.05) is 13.1 Å². The molecule has 3 fully saturated rings. The van der Waals surface area contributed by atoms with Crippen molar-refractivity contribution in [2.75, 3.05) is 20.1 Å². The van der Waals surface area contributed by atoms with Gasteiger partial charge in [-0.3, -0.25) is 4.79 Å². The molecule has 3 heteroatoms. The van der Waals surface area contributed by atoms with Crippen molar-refractivity contribution in [3.8, 4) is 0 Å². The lowest BCUT2D eigenvalue weighted by molar-refractivity contribution is -0.134. The van der Waals surface area contributed by atoms with Crippen LogP contribution >= 0.6 is 0 Å². The van der Waals surface area contributed by atoms with Crippen LogP contribution in [0.2, 0.25) is 0 Å². The van der Waals surface area contributed by atoms with E-state index in [1.807, 2.05) is 7.05 Å². The predicted molar refractivity (Wildman–Crippen MR) is 81.4 cm³/mol. The van der Waals surface area contributed by atoms with Crippen LogP contribution < -0.4 is 5.32 Å².